The van der Waals surface area contributed by atoms with E-state index < -0.39 is 0 Å². The number of ether oxygens (including phenoxy) is 2. The fraction of sp³-hybridized carbons (Fsp3) is 0.562. The van der Waals surface area contributed by atoms with Crippen LogP contribution in [0.2, 0.25) is 0 Å². The van der Waals surface area contributed by atoms with E-state index in [1.807, 2.05) is 25.1 Å². The molecule has 116 valence electrons. The summed E-state index contributed by atoms with van der Waals surface area (Å²) >= 11 is 1.54. The number of methoxy groups -OCH3 is 2. The predicted molar refractivity (Wildman–Crippen MR) is 85.3 cm³/mol. The molecule has 0 bridgehead atoms. The Morgan fingerprint density at radius 3 is 2.52 bits per heavy atom. The first kappa shape index (κ1) is 16.0. The summed E-state index contributed by atoms with van der Waals surface area (Å²) in [4.78, 5) is 13.2. The van der Waals surface area contributed by atoms with Gasteiger partial charge < -0.3 is 14.8 Å². The third kappa shape index (κ3) is 4.30. The van der Waals surface area contributed by atoms with Gasteiger partial charge in [0.25, 0.3) is 0 Å². The van der Waals surface area contributed by atoms with Crippen LogP contribution in [0.5, 0.6) is 11.5 Å². The van der Waals surface area contributed by atoms with E-state index in [1.165, 1.54) is 24.6 Å². The van der Waals surface area contributed by atoms with Crippen molar-refractivity contribution in [3.05, 3.63) is 18.2 Å². The third-order valence-electron chi connectivity index (χ3n) is 3.74. The van der Waals surface area contributed by atoms with E-state index in [9.17, 15) is 4.79 Å². The van der Waals surface area contributed by atoms with E-state index in [0.29, 0.717) is 17.5 Å². The second kappa shape index (κ2) is 7.59. The van der Waals surface area contributed by atoms with Crippen molar-refractivity contribution in [2.45, 2.75) is 48.8 Å². The fourth-order valence-corrected chi connectivity index (χ4v) is 3.44. The van der Waals surface area contributed by atoms with Gasteiger partial charge in [0.15, 0.2) is 11.5 Å². The van der Waals surface area contributed by atoms with Crippen LogP contribution >= 0.6 is 11.8 Å². The zero-order valence-corrected chi connectivity index (χ0v) is 13.7. The number of hydrogen-bond donors (Lipinski definition) is 1. The topological polar surface area (TPSA) is 47.6 Å². The average Bonchev–Trinajstić information content (AvgIpc) is 2.99. The maximum Gasteiger partial charge on any atom is 0.233 e. The minimum atomic E-state index is -0.122. The molecule has 5 heteroatoms. The van der Waals surface area contributed by atoms with Gasteiger partial charge in [0, 0.05) is 10.9 Å². The average molecular weight is 309 g/mol. The molecule has 1 atom stereocenters. The molecule has 2 rings (SSSR count). The van der Waals surface area contributed by atoms with Gasteiger partial charge in [-0.1, -0.05) is 12.8 Å². The molecule has 1 aliphatic rings. The molecule has 1 N–H and O–H groups in total. The van der Waals surface area contributed by atoms with Crippen molar-refractivity contribution < 1.29 is 14.3 Å². The van der Waals surface area contributed by atoms with E-state index in [4.69, 9.17) is 9.47 Å². The highest BCUT2D eigenvalue weighted by molar-refractivity contribution is 8.00. The lowest BCUT2D eigenvalue weighted by molar-refractivity contribution is -0.120. The van der Waals surface area contributed by atoms with Gasteiger partial charge in [-0.15, -0.1) is 11.8 Å². The SMILES string of the molecule is COc1ccc(SC(C)C(=O)NC2CCCC2)cc1OC. The molecule has 0 aromatic heterocycles. The van der Waals surface area contributed by atoms with Gasteiger partial charge in [-0.3, -0.25) is 4.79 Å². The molecule has 0 radical (unpaired) electrons. The highest BCUT2D eigenvalue weighted by Crippen LogP contribution is 2.33. The molecule has 21 heavy (non-hydrogen) atoms. The van der Waals surface area contributed by atoms with E-state index in [0.717, 1.165) is 17.7 Å². The van der Waals surface area contributed by atoms with Crippen molar-refractivity contribution in [2.75, 3.05) is 14.2 Å². The van der Waals surface area contributed by atoms with Crippen molar-refractivity contribution >= 4 is 17.7 Å². The van der Waals surface area contributed by atoms with E-state index in [1.54, 1.807) is 14.2 Å². The monoisotopic (exact) mass is 309 g/mol. The zero-order chi connectivity index (χ0) is 15.2. The lowest BCUT2D eigenvalue weighted by Gasteiger charge is -2.17. The van der Waals surface area contributed by atoms with Gasteiger partial charge in [0.2, 0.25) is 5.91 Å². The number of thioether (sulfide) groups is 1. The van der Waals surface area contributed by atoms with Gasteiger partial charge >= 0.3 is 0 Å². The second-order valence-corrected chi connectivity index (χ2v) is 6.68. The van der Waals surface area contributed by atoms with Crippen molar-refractivity contribution in [3.8, 4) is 11.5 Å². The molecule has 0 aliphatic heterocycles. The summed E-state index contributed by atoms with van der Waals surface area (Å²) in [5, 5.41) is 3.01. The predicted octanol–water partition coefficient (Wildman–Crippen LogP) is 3.24. The van der Waals surface area contributed by atoms with Crippen LogP contribution < -0.4 is 14.8 Å². The Morgan fingerprint density at radius 2 is 1.90 bits per heavy atom. The molecule has 1 aliphatic carbocycles. The van der Waals surface area contributed by atoms with Crippen LogP contribution in [0.25, 0.3) is 0 Å². The number of amides is 1. The fourth-order valence-electron chi connectivity index (χ4n) is 2.54. The Morgan fingerprint density at radius 1 is 1.24 bits per heavy atom. The molecule has 1 unspecified atom stereocenters. The van der Waals surface area contributed by atoms with Gasteiger partial charge in [-0.25, -0.2) is 0 Å². The van der Waals surface area contributed by atoms with Crippen LogP contribution in [0.4, 0.5) is 0 Å². The molecule has 0 saturated heterocycles. The Kier molecular flexibility index (Phi) is 5.79. The molecule has 1 aromatic carbocycles. The highest BCUT2D eigenvalue weighted by Gasteiger charge is 2.21. The van der Waals surface area contributed by atoms with E-state index in [-0.39, 0.29) is 11.2 Å². The van der Waals surface area contributed by atoms with Crippen molar-refractivity contribution in [1.82, 2.24) is 5.32 Å². The summed E-state index contributed by atoms with van der Waals surface area (Å²) in [7, 11) is 3.23. The summed E-state index contributed by atoms with van der Waals surface area (Å²) in [6.07, 6.45) is 4.67. The Bertz CT molecular complexity index is 486. The summed E-state index contributed by atoms with van der Waals surface area (Å²) < 4.78 is 10.5. The number of hydrogen-bond acceptors (Lipinski definition) is 4. The first-order valence-electron chi connectivity index (χ1n) is 7.33. The molecule has 0 heterocycles. The summed E-state index contributed by atoms with van der Waals surface area (Å²) in [6, 6.07) is 6.09. The van der Waals surface area contributed by atoms with Gasteiger partial charge in [-0.2, -0.15) is 0 Å². The Balaban J connectivity index is 1.94. The highest BCUT2D eigenvalue weighted by atomic mass is 32.2. The molecular formula is C16H23NO3S. The quantitative estimate of drug-likeness (QED) is 0.820. The number of nitrogens with one attached hydrogen (secondary N) is 1. The van der Waals surface area contributed by atoms with Crippen LogP contribution in [-0.4, -0.2) is 31.4 Å². The Labute approximate surface area is 130 Å². The molecule has 4 nitrogen and oxygen atoms in total. The van der Waals surface area contributed by atoms with Crippen molar-refractivity contribution in [2.24, 2.45) is 0 Å². The summed E-state index contributed by atoms with van der Waals surface area (Å²) in [5.74, 6) is 1.50. The van der Waals surface area contributed by atoms with Gasteiger partial charge in [0.05, 0.1) is 19.5 Å². The number of benzene rings is 1. The zero-order valence-electron chi connectivity index (χ0n) is 12.8. The van der Waals surface area contributed by atoms with Gasteiger partial charge in [-0.05, 0) is 38.0 Å². The smallest absolute Gasteiger partial charge is 0.233 e. The van der Waals surface area contributed by atoms with Crippen LogP contribution in [0.1, 0.15) is 32.6 Å². The minimum absolute atomic E-state index is 0.113. The minimum Gasteiger partial charge on any atom is -0.493 e. The normalized spacial score (nSPS) is 16.5. The number of carbonyl (C=O) groups is 1. The van der Waals surface area contributed by atoms with Crippen molar-refractivity contribution in [1.29, 1.82) is 0 Å². The standard InChI is InChI=1S/C16H23NO3S/c1-11(16(18)17-12-6-4-5-7-12)21-13-8-9-14(19-2)15(10-13)20-3/h8-12H,4-7H2,1-3H3,(H,17,18). The molecule has 1 amide bonds. The third-order valence-corrected chi connectivity index (χ3v) is 4.83. The second-order valence-electron chi connectivity index (χ2n) is 5.27. The first-order chi connectivity index (χ1) is 10.1. The molecule has 1 fully saturated rings. The number of carbonyl (C=O) groups excluding carboxylic acids is 1. The molecular weight excluding hydrogens is 286 g/mol. The van der Waals surface area contributed by atoms with Crippen molar-refractivity contribution in [3.63, 3.8) is 0 Å². The van der Waals surface area contributed by atoms with Crippen LogP contribution in [-0.2, 0) is 4.79 Å². The molecule has 1 aromatic rings. The largest absolute Gasteiger partial charge is 0.493 e. The maximum atomic E-state index is 12.2. The first-order valence-corrected chi connectivity index (χ1v) is 8.21. The van der Waals surface area contributed by atoms with Crippen LogP contribution in [0.3, 0.4) is 0 Å². The lowest BCUT2D eigenvalue weighted by Crippen LogP contribution is -2.37. The van der Waals surface area contributed by atoms with E-state index >= 15 is 0 Å². The summed E-state index contributed by atoms with van der Waals surface area (Å²) in [5.41, 5.74) is 0. The van der Waals surface area contributed by atoms with Gasteiger partial charge in [0.1, 0.15) is 0 Å². The molecule has 0 spiro atoms. The molecule has 1 saturated carbocycles. The lowest BCUT2D eigenvalue weighted by atomic mass is 10.2. The van der Waals surface area contributed by atoms with Crippen LogP contribution in [0, 0.1) is 0 Å². The van der Waals surface area contributed by atoms with E-state index in [2.05, 4.69) is 5.32 Å². The van der Waals surface area contributed by atoms with Crippen LogP contribution in [0.15, 0.2) is 23.1 Å². The maximum absolute atomic E-state index is 12.2. The Hall–Kier alpha value is -1.36. The summed E-state index contributed by atoms with van der Waals surface area (Å²) in [6.45, 7) is 1.94. The number of rotatable bonds is 6.